The molecule has 0 saturated carbocycles. The van der Waals surface area contributed by atoms with E-state index in [1.165, 1.54) is 28.4 Å². The highest BCUT2D eigenvalue weighted by molar-refractivity contribution is 7.11. The number of hydrogen-bond donors (Lipinski definition) is 1. The van der Waals surface area contributed by atoms with E-state index in [1.54, 1.807) is 16.7 Å². The van der Waals surface area contributed by atoms with Crippen molar-refractivity contribution in [2.45, 2.75) is 58.0 Å². The first kappa shape index (κ1) is 16.4. The van der Waals surface area contributed by atoms with Gasteiger partial charge in [0.1, 0.15) is 0 Å². The standard InChI is InChI=1S/C18H25N3OS/c1-2-16-20-15-9-7-8-14(18(15)23-16)19-11-4-6-13-21-12-5-3-10-17(21)22/h3,5,10,12,14,19H,2,4,6-9,11,13H2,1H3/t14-/m1/s1. The van der Waals surface area contributed by atoms with Crippen LogP contribution in [0.3, 0.4) is 0 Å². The molecule has 124 valence electrons. The second kappa shape index (κ2) is 7.88. The summed E-state index contributed by atoms with van der Waals surface area (Å²) in [5, 5.41) is 4.97. The number of hydrogen-bond acceptors (Lipinski definition) is 4. The molecule has 0 fully saturated rings. The zero-order valence-corrected chi connectivity index (χ0v) is 14.6. The molecule has 2 aromatic heterocycles. The van der Waals surface area contributed by atoms with Crippen LogP contribution in [0.4, 0.5) is 0 Å². The third kappa shape index (κ3) is 4.09. The molecule has 0 saturated heterocycles. The molecular weight excluding hydrogens is 306 g/mol. The molecule has 5 heteroatoms. The summed E-state index contributed by atoms with van der Waals surface area (Å²) < 4.78 is 1.79. The van der Waals surface area contributed by atoms with E-state index in [0.717, 1.165) is 38.8 Å². The van der Waals surface area contributed by atoms with Crippen LogP contribution in [-0.4, -0.2) is 16.1 Å². The quantitative estimate of drug-likeness (QED) is 0.792. The fourth-order valence-corrected chi connectivity index (χ4v) is 4.31. The number of rotatable bonds is 7. The van der Waals surface area contributed by atoms with E-state index in [-0.39, 0.29) is 5.56 Å². The third-order valence-corrected chi connectivity index (χ3v) is 5.77. The van der Waals surface area contributed by atoms with E-state index in [4.69, 9.17) is 4.98 Å². The Kier molecular flexibility index (Phi) is 5.62. The fourth-order valence-electron chi connectivity index (χ4n) is 3.15. The second-order valence-corrected chi connectivity index (χ2v) is 7.23. The summed E-state index contributed by atoms with van der Waals surface area (Å²) in [4.78, 5) is 17.9. The maximum absolute atomic E-state index is 11.6. The molecule has 0 amide bonds. The molecule has 0 radical (unpaired) electrons. The van der Waals surface area contributed by atoms with Crippen molar-refractivity contribution in [2.75, 3.05) is 6.54 Å². The van der Waals surface area contributed by atoms with Crippen LogP contribution in [0.15, 0.2) is 29.2 Å². The lowest BCUT2D eigenvalue weighted by atomic mass is 9.98. The number of thiazole rings is 1. The van der Waals surface area contributed by atoms with Crippen LogP contribution in [-0.2, 0) is 19.4 Å². The third-order valence-electron chi connectivity index (χ3n) is 4.41. The van der Waals surface area contributed by atoms with Crippen LogP contribution in [0.25, 0.3) is 0 Å². The first-order chi connectivity index (χ1) is 11.3. The van der Waals surface area contributed by atoms with Gasteiger partial charge in [-0.15, -0.1) is 11.3 Å². The number of fused-ring (bicyclic) bond motifs is 1. The number of unbranched alkanes of at least 4 members (excludes halogenated alkanes) is 1. The number of nitrogens with one attached hydrogen (secondary N) is 1. The second-order valence-electron chi connectivity index (χ2n) is 6.11. The number of pyridine rings is 1. The van der Waals surface area contributed by atoms with Gasteiger partial charge in [0.25, 0.3) is 0 Å². The highest BCUT2D eigenvalue weighted by atomic mass is 32.1. The first-order valence-corrected chi connectivity index (χ1v) is 9.47. The van der Waals surface area contributed by atoms with Crippen LogP contribution < -0.4 is 10.9 Å². The smallest absolute Gasteiger partial charge is 0.250 e. The minimum atomic E-state index is 0.0918. The minimum absolute atomic E-state index is 0.0918. The van der Waals surface area contributed by atoms with Crippen LogP contribution in [0.5, 0.6) is 0 Å². The normalized spacial score (nSPS) is 17.2. The van der Waals surface area contributed by atoms with Gasteiger partial charge in [-0.3, -0.25) is 4.79 Å². The SMILES string of the molecule is CCc1nc2c(s1)[C@H](NCCCCn1ccccc1=O)CCC2. The Morgan fingerprint density at radius 1 is 1.39 bits per heavy atom. The minimum Gasteiger partial charge on any atom is -0.316 e. The van der Waals surface area contributed by atoms with Crippen LogP contribution >= 0.6 is 11.3 Å². The van der Waals surface area contributed by atoms with Crippen molar-refractivity contribution in [3.8, 4) is 0 Å². The van der Waals surface area contributed by atoms with E-state index in [2.05, 4.69) is 12.2 Å². The zero-order valence-electron chi connectivity index (χ0n) is 13.8. The first-order valence-electron chi connectivity index (χ1n) is 8.65. The van der Waals surface area contributed by atoms with E-state index < -0.39 is 0 Å². The van der Waals surface area contributed by atoms with Gasteiger partial charge in [-0.1, -0.05) is 13.0 Å². The Morgan fingerprint density at radius 3 is 3.13 bits per heavy atom. The van der Waals surface area contributed by atoms with E-state index in [0.29, 0.717) is 6.04 Å². The monoisotopic (exact) mass is 331 g/mol. The lowest BCUT2D eigenvalue weighted by Crippen LogP contribution is -2.25. The van der Waals surface area contributed by atoms with Gasteiger partial charge in [0.05, 0.1) is 10.7 Å². The zero-order chi connectivity index (χ0) is 16.1. The summed E-state index contributed by atoms with van der Waals surface area (Å²) in [7, 11) is 0. The van der Waals surface area contributed by atoms with Gasteiger partial charge < -0.3 is 9.88 Å². The largest absolute Gasteiger partial charge is 0.316 e. The molecule has 1 aliphatic carbocycles. The van der Waals surface area contributed by atoms with Crippen molar-refractivity contribution in [2.24, 2.45) is 0 Å². The molecule has 0 aliphatic heterocycles. The van der Waals surface area contributed by atoms with Gasteiger partial charge in [-0.05, 0) is 51.1 Å². The molecule has 2 heterocycles. The summed E-state index contributed by atoms with van der Waals surface area (Å²) in [5.41, 5.74) is 1.42. The van der Waals surface area contributed by atoms with Crippen molar-refractivity contribution < 1.29 is 0 Å². The Bertz CT molecular complexity index is 692. The van der Waals surface area contributed by atoms with Gasteiger partial charge in [0.15, 0.2) is 0 Å². The maximum Gasteiger partial charge on any atom is 0.250 e. The summed E-state index contributed by atoms with van der Waals surface area (Å²) in [6, 6.07) is 5.81. The van der Waals surface area contributed by atoms with Crippen molar-refractivity contribution in [1.82, 2.24) is 14.9 Å². The number of nitrogens with zero attached hydrogens (tertiary/aromatic N) is 2. The molecule has 1 aliphatic rings. The maximum atomic E-state index is 11.6. The molecular formula is C18H25N3OS. The molecule has 0 spiro atoms. The van der Waals surface area contributed by atoms with Crippen LogP contribution in [0.2, 0.25) is 0 Å². The van der Waals surface area contributed by atoms with Gasteiger partial charge in [0.2, 0.25) is 5.56 Å². The van der Waals surface area contributed by atoms with E-state index in [1.807, 2.05) is 23.6 Å². The molecule has 0 bridgehead atoms. The molecule has 1 atom stereocenters. The predicted molar refractivity (Wildman–Crippen MR) is 95.1 cm³/mol. The van der Waals surface area contributed by atoms with Crippen LogP contribution in [0.1, 0.15) is 54.2 Å². The van der Waals surface area contributed by atoms with Gasteiger partial charge >= 0.3 is 0 Å². The van der Waals surface area contributed by atoms with Gasteiger partial charge in [-0.2, -0.15) is 0 Å². The lowest BCUT2D eigenvalue weighted by Gasteiger charge is -2.22. The summed E-state index contributed by atoms with van der Waals surface area (Å²) in [6.07, 6.45) is 8.61. The lowest BCUT2D eigenvalue weighted by molar-refractivity contribution is 0.449. The van der Waals surface area contributed by atoms with Gasteiger partial charge in [0, 0.05) is 29.7 Å². The summed E-state index contributed by atoms with van der Waals surface area (Å²) >= 11 is 1.89. The average molecular weight is 331 g/mol. The molecule has 23 heavy (non-hydrogen) atoms. The molecule has 4 nitrogen and oxygen atoms in total. The van der Waals surface area contributed by atoms with E-state index >= 15 is 0 Å². The predicted octanol–water partition coefficient (Wildman–Crippen LogP) is 3.31. The fraction of sp³-hybridized carbons (Fsp3) is 0.556. The highest BCUT2D eigenvalue weighted by Crippen LogP contribution is 2.34. The van der Waals surface area contributed by atoms with Crippen molar-refractivity contribution >= 4 is 11.3 Å². The van der Waals surface area contributed by atoms with Crippen molar-refractivity contribution in [3.05, 3.63) is 50.3 Å². The Labute approximate surface area is 141 Å². The van der Waals surface area contributed by atoms with Crippen molar-refractivity contribution in [1.29, 1.82) is 0 Å². The molecule has 3 rings (SSSR count). The molecule has 2 aromatic rings. The number of aromatic nitrogens is 2. The Morgan fingerprint density at radius 2 is 2.30 bits per heavy atom. The summed E-state index contributed by atoms with van der Waals surface area (Å²) in [6.45, 7) is 3.99. The average Bonchev–Trinajstić information content (AvgIpc) is 3.00. The molecule has 0 aromatic carbocycles. The molecule has 1 N–H and O–H groups in total. The van der Waals surface area contributed by atoms with Crippen molar-refractivity contribution in [3.63, 3.8) is 0 Å². The van der Waals surface area contributed by atoms with Crippen LogP contribution in [0, 0.1) is 0 Å². The summed E-state index contributed by atoms with van der Waals surface area (Å²) in [5.74, 6) is 0. The number of aryl methyl sites for hydroxylation is 3. The Balaban J connectivity index is 1.46. The van der Waals surface area contributed by atoms with E-state index in [9.17, 15) is 4.79 Å². The highest BCUT2D eigenvalue weighted by Gasteiger charge is 2.23. The van der Waals surface area contributed by atoms with Gasteiger partial charge in [-0.25, -0.2) is 4.98 Å². The molecule has 0 unspecified atom stereocenters. The topological polar surface area (TPSA) is 46.9 Å². The Hall–Kier alpha value is -1.46.